The van der Waals surface area contributed by atoms with Crippen molar-refractivity contribution in [1.29, 1.82) is 0 Å². The normalized spacial score (nSPS) is 23.0. The minimum Gasteiger partial charge on any atom is -0.364 e. The number of quaternary nitrogens is 1. The molecule has 1 saturated heterocycles. The maximum absolute atomic E-state index is 12.0. The number of hydrazine groups is 1. The van der Waals surface area contributed by atoms with Gasteiger partial charge in [-0.1, -0.05) is 17.7 Å². The summed E-state index contributed by atoms with van der Waals surface area (Å²) in [6, 6.07) is 5.57. The molecule has 8 heteroatoms. The van der Waals surface area contributed by atoms with Crippen molar-refractivity contribution < 1.29 is 14.4 Å². The summed E-state index contributed by atoms with van der Waals surface area (Å²) in [5.41, 5.74) is 7.10. The van der Waals surface area contributed by atoms with Crippen LogP contribution in [0.25, 0.3) is 0 Å². The zero-order valence-corrected chi connectivity index (χ0v) is 16.4. The minimum absolute atomic E-state index is 0.0922. The van der Waals surface area contributed by atoms with Gasteiger partial charge in [-0.3, -0.25) is 15.6 Å². The van der Waals surface area contributed by atoms with Gasteiger partial charge in [-0.15, -0.1) is 0 Å². The van der Waals surface area contributed by atoms with Crippen molar-refractivity contribution in [3.05, 3.63) is 28.8 Å². The van der Waals surface area contributed by atoms with Gasteiger partial charge in [0.1, 0.15) is 25.3 Å². The Bertz CT molecular complexity index is 619. The second-order valence-electron chi connectivity index (χ2n) is 6.51. The van der Waals surface area contributed by atoms with Gasteiger partial charge >= 0.3 is 0 Å². The van der Waals surface area contributed by atoms with E-state index < -0.39 is 0 Å². The molecule has 25 heavy (non-hydrogen) atoms. The SMILES string of the molecule is Cc1ccc(NC(=S)NNC(=O)CC[NH+]2C[C@H](C)O[C@@H](C)C2)cc1Cl. The van der Waals surface area contributed by atoms with Gasteiger partial charge in [-0.25, -0.2) is 0 Å². The van der Waals surface area contributed by atoms with Crippen LogP contribution in [0.3, 0.4) is 0 Å². The van der Waals surface area contributed by atoms with E-state index in [0.717, 1.165) is 30.9 Å². The molecule has 0 aromatic heterocycles. The lowest BCUT2D eigenvalue weighted by atomic mass is 10.2. The van der Waals surface area contributed by atoms with Crippen LogP contribution < -0.4 is 21.1 Å². The van der Waals surface area contributed by atoms with Gasteiger partial charge in [-0.05, 0) is 50.7 Å². The van der Waals surface area contributed by atoms with Crippen LogP contribution in [0.1, 0.15) is 25.8 Å². The Balaban J connectivity index is 1.68. The van der Waals surface area contributed by atoms with E-state index in [0.29, 0.717) is 16.6 Å². The monoisotopic (exact) mass is 385 g/mol. The summed E-state index contributed by atoms with van der Waals surface area (Å²) in [6.07, 6.45) is 0.900. The zero-order chi connectivity index (χ0) is 18.4. The van der Waals surface area contributed by atoms with Gasteiger partial charge in [0.2, 0.25) is 5.91 Å². The molecule has 6 nitrogen and oxygen atoms in total. The Labute approximate surface area is 159 Å². The number of carbonyl (C=O) groups is 1. The van der Waals surface area contributed by atoms with Crippen LogP contribution in [-0.4, -0.2) is 42.9 Å². The molecule has 0 aliphatic carbocycles. The average molecular weight is 386 g/mol. The van der Waals surface area contributed by atoms with Gasteiger partial charge < -0.3 is 15.0 Å². The Morgan fingerprint density at radius 1 is 1.32 bits per heavy atom. The molecule has 0 saturated carbocycles. The second-order valence-corrected chi connectivity index (χ2v) is 7.32. The summed E-state index contributed by atoms with van der Waals surface area (Å²) >= 11 is 11.2. The number of ether oxygens (including phenoxy) is 1. The Kier molecular flexibility index (Phi) is 7.43. The fourth-order valence-electron chi connectivity index (χ4n) is 2.91. The third-order valence-corrected chi connectivity index (χ3v) is 4.68. The molecule has 138 valence electrons. The molecule has 1 aliphatic rings. The summed E-state index contributed by atoms with van der Waals surface area (Å²) in [4.78, 5) is 13.4. The number of nitrogens with one attached hydrogen (secondary N) is 4. The van der Waals surface area contributed by atoms with E-state index in [1.165, 1.54) is 4.90 Å². The lowest BCUT2D eigenvalue weighted by Gasteiger charge is -2.32. The molecule has 1 aromatic rings. The van der Waals surface area contributed by atoms with E-state index in [9.17, 15) is 4.79 Å². The highest BCUT2D eigenvalue weighted by molar-refractivity contribution is 7.80. The number of rotatable bonds is 4. The van der Waals surface area contributed by atoms with Gasteiger partial charge in [0.25, 0.3) is 0 Å². The first-order valence-electron chi connectivity index (χ1n) is 8.44. The molecule has 0 spiro atoms. The molecule has 1 amide bonds. The largest absolute Gasteiger partial charge is 0.364 e. The second kappa shape index (κ2) is 9.33. The minimum atomic E-state index is -0.0922. The first-order valence-corrected chi connectivity index (χ1v) is 9.23. The van der Waals surface area contributed by atoms with Crippen molar-refractivity contribution in [2.75, 3.05) is 25.0 Å². The summed E-state index contributed by atoms with van der Waals surface area (Å²) in [5, 5.41) is 3.96. The lowest BCUT2D eigenvalue weighted by molar-refractivity contribution is -0.914. The fraction of sp³-hybridized carbons (Fsp3) is 0.529. The lowest BCUT2D eigenvalue weighted by Crippen LogP contribution is -3.15. The van der Waals surface area contributed by atoms with Crippen LogP contribution in [-0.2, 0) is 9.53 Å². The van der Waals surface area contributed by atoms with Crippen molar-refractivity contribution in [3.8, 4) is 0 Å². The number of aryl methyl sites for hydroxylation is 1. The number of carbonyl (C=O) groups excluding carboxylic acids is 1. The van der Waals surface area contributed by atoms with Crippen LogP contribution in [0, 0.1) is 6.92 Å². The van der Waals surface area contributed by atoms with Crippen LogP contribution in [0.4, 0.5) is 5.69 Å². The Morgan fingerprint density at radius 2 is 2.00 bits per heavy atom. The van der Waals surface area contributed by atoms with E-state index in [1.807, 2.05) is 19.1 Å². The third kappa shape index (κ3) is 6.78. The predicted octanol–water partition coefficient (Wildman–Crippen LogP) is 1.05. The van der Waals surface area contributed by atoms with Crippen molar-refractivity contribution in [3.63, 3.8) is 0 Å². The van der Waals surface area contributed by atoms with Crippen LogP contribution in [0.2, 0.25) is 5.02 Å². The van der Waals surface area contributed by atoms with E-state index >= 15 is 0 Å². The maximum atomic E-state index is 12.0. The van der Waals surface area contributed by atoms with Gasteiger partial charge in [-0.2, -0.15) is 0 Å². The van der Waals surface area contributed by atoms with Crippen molar-refractivity contribution in [1.82, 2.24) is 10.9 Å². The zero-order valence-electron chi connectivity index (χ0n) is 14.8. The highest BCUT2D eigenvalue weighted by Crippen LogP contribution is 2.19. The summed E-state index contributed by atoms with van der Waals surface area (Å²) in [7, 11) is 0. The number of hydrogen-bond acceptors (Lipinski definition) is 3. The first-order chi connectivity index (χ1) is 11.8. The van der Waals surface area contributed by atoms with Crippen LogP contribution >= 0.6 is 23.8 Å². The first kappa shape index (κ1) is 19.9. The number of anilines is 1. The molecular weight excluding hydrogens is 360 g/mol. The number of hydrogen-bond donors (Lipinski definition) is 4. The van der Waals surface area contributed by atoms with E-state index in [-0.39, 0.29) is 18.1 Å². The molecule has 1 fully saturated rings. The predicted molar refractivity (Wildman–Crippen MR) is 104 cm³/mol. The van der Waals surface area contributed by atoms with Crippen LogP contribution in [0.15, 0.2) is 18.2 Å². The number of morpholine rings is 1. The van der Waals surface area contributed by atoms with Crippen molar-refractivity contribution >= 4 is 40.5 Å². The fourth-order valence-corrected chi connectivity index (χ4v) is 3.25. The highest BCUT2D eigenvalue weighted by Gasteiger charge is 2.25. The highest BCUT2D eigenvalue weighted by atomic mass is 35.5. The molecule has 2 atom stereocenters. The standard InChI is InChI=1S/C17H25ClN4O2S/c1-11-4-5-14(8-15(11)18)19-17(25)21-20-16(23)6-7-22-9-12(2)24-13(3)10-22/h4-5,8,12-13H,6-7,9-10H2,1-3H3,(H,20,23)(H2,19,21,25)/p+1/t12-,13-/m0/s1. The molecule has 4 N–H and O–H groups in total. The number of thiocarbonyl (C=S) groups is 1. The van der Waals surface area contributed by atoms with Gasteiger partial charge in [0.05, 0.1) is 13.0 Å². The van der Waals surface area contributed by atoms with Crippen LogP contribution in [0.5, 0.6) is 0 Å². The molecule has 1 aliphatic heterocycles. The summed E-state index contributed by atoms with van der Waals surface area (Å²) in [6.45, 7) is 8.70. The topological polar surface area (TPSA) is 66.8 Å². The molecule has 0 radical (unpaired) electrons. The summed E-state index contributed by atoms with van der Waals surface area (Å²) < 4.78 is 5.71. The number of benzene rings is 1. The van der Waals surface area contributed by atoms with Crippen molar-refractivity contribution in [2.24, 2.45) is 0 Å². The van der Waals surface area contributed by atoms with E-state index in [1.54, 1.807) is 6.07 Å². The number of halogens is 1. The van der Waals surface area contributed by atoms with Crippen molar-refractivity contribution in [2.45, 2.75) is 39.4 Å². The molecular formula is C17H26ClN4O2S+. The Morgan fingerprint density at radius 3 is 2.64 bits per heavy atom. The van der Waals surface area contributed by atoms with Gasteiger partial charge in [0.15, 0.2) is 5.11 Å². The molecule has 1 heterocycles. The van der Waals surface area contributed by atoms with Gasteiger partial charge in [0, 0.05) is 10.7 Å². The number of amides is 1. The molecule has 2 rings (SSSR count). The quantitative estimate of drug-likeness (QED) is 0.461. The molecule has 0 bridgehead atoms. The summed E-state index contributed by atoms with van der Waals surface area (Å²) in [5.74, 6) is -0.0922. The average Bonchev–Trinajstić information content (AvgIpc) is 2.53. The maximum Gasteiger partial charge on any atom is 0.244 e. The molecule has 1 aromatic carbocycles. The Hall–Kier alpha value is -1.41. The van der Waals surface area contributed by atoms with E-state index in [2.05, 4.69) is 30.0 Å². The van der Waals surface area contributed by atoms with E-state index in [4.69, 9.17) is 28.6 Å². The molecule has 0 unspecified atom stereocenters. The third-order valence-electron chi connectivity index (χ3n) is 4.07. The smallest absolute Gasteiger partial charge is 0.244 e.